The predicted octanol–water partition coefficient (Wildman–Crippen LogP) is 3.47. The van der Waals surface area contributed by atoms with Gasteiger partial charge in [0.1, 0.15) is 0 Å². The molecule has 0 amide bonds. The summed E-state index contributed by atoms with van der Waals surface area (Å²) >= 11 is 8.13. The summed E-state index contributed by atoms with van der Waals surface area (Å²) in [4.78, 5) is 7.28. The number of hydrogen-bond acceptors (Lipinski definition) is 3. The quantitative estimate of drug-likeness (QED) is 0.410. The molecule has 1 aliphatic rings. The molecule has 1 fully saturated rings. The normalized spacial score (nSPS) is 16.8. The molecule has 1 heterocycles. The van der Waals surface area contributed by atoms with Crippen LogP contribution in [0.2, 0.25) is 5.02 Å². The molecular weight excluding hydrogens is 352 g/mol. The summed E-state index contributed by atoms with van der Waals surface area (Å²) in [6.45, 7) is 8.09. The van der Waals surface area contributed by atoms with E-state index < -0.39 is 0 Å². The van der Waals surface area contributed by atoms with Gasteiger partial charge in [0.05, 0.1) is 0 Å². The lowest BCUT2D eigenvalue weighted by Crippen LogP contribution is -2.39. The van der Waals surface area contributed by atoms with Crippen LogP contribution in [0.1, 0.15) is 25.3 Å². The number of nitrogens with zero attached hydrogens (tertiary/aromatic N) is 2. The summed E-state index contributed by atoms with van der Waals surface area (Å²) in [6.07, 6.45) is 4.54. The summed E-state index contributed by atoms with van der Waals surface area (Å²) < 4.78 is 0. The zero-order chi connectivity index (χ0) is 17.9. The number of halogens is 1. The number of thioether (sulfide) groups is 1. The van der Waals surface area contributed by atoms with Gasteiger partial charge in [0.15, 0.2) is 5.96 Å². The molecule has 1 aliphatic heterocycles. The lowest BCUT2D eigenvalue weighted by molar-refractivity contribution is 0.180. The zero-order valence-electron chi connectivity index (χ0n) is 15.4. The molecule has 0 atom stereocenters. The lowest BCUT2D eigenvalue weighted by atomic mass is 9.96. The van der Waals surface area contributed by atoms with Crippen LogP contribution in [0, 0.1) is 5.92 Å². The topological polar surface area (TPSA) is 39.7 Å². The van der Waals surface area contributed by atoms with E-state index in [1.165, 1.54) is 18.4 Å². The van der Waals surface area contributed by atoms with E-state index in [0.29, 0.717) is 5.92 Å². The predicted molar refractivity (Wildman–Crippen MR) is 112 cm³/mol. The van der Waals surface area contributed by atoms with E-state index in [-0.39, 0.29) is 0 Å². The van der Waals surface area contributed by atoms with Gasteiger partial charge in [0.2, 0.25) is 0 Å². The first-order valence-corrected chi connectivity index (χ1v) is 11.0. The Hall–Kier alpha value is -0.910. The van der Waals surface area contributed by atoms with Crippen LogP contribution < -0.4 is 10.6 Å². The van der Waals surface area contributed by atoms with Crippen LogP contribution in [0.15, 0.2) is 29.3 Å². The van der Waals surface area contributed by atoms with Crippen molar-refractivity contribution < 1.29 is 0 Å². The number of hydrogen-bond donors (Lipinski definition) is 2. The number of guanidine groups is 1. The van der Waals surface area contributed by atoms with Crippen molar-refractivity contribution >= 4 is 29.3 Å². The second-order valence-corrected chi connectivity index (χ2v) is 7.84. The van der Waals surface area contributed by atoms with Crippen molar-refractivity contribution in [2.45, 2.75) is 26.3 Å². The second-order valence-electron chi connectivity index (χ2n) is 6.45. The minimum atomic E-state index is 0.679. The molecule has 0 unspecified atom stereocenters. The highest BCUT2D eigenvalue weighted by Crippen LogP contribution is 2.22. The molecule has 0 aliphatic carbocycles. The average molecular weight is 383 g/mol. The smallest absolute Gasteiger partial charge is 0.191 e. The van der Waals surface area contributed by atoms with E-state index in [1.807, 2.05) is 23.9 Å². The van der Waals surface area contributed by atoms with Crippen LogP contribution >= 0.6 is 23.4 Å². The fourth-order valence-corrected chi connectivity index (χ4v) is 3.53. The molecule has 6 heteroatoms. The van der Waals surface area contributed by atoms with Crippen molar-refractivity contribution in [1.29, 1.82) is 0 Å². The number of benzene rings is 1. The lowest BCUT2D eigenvalue weighted by Gasteiger charge is -2.31. The Bertz CT molecular complexity index is 530. The van der Waals surface area contributed by atoms with Crippen LogP contribution in [0.3, 0.4) is 0 Å². The van der Waals surface area contributed by atoms with Gasteiger partial charge in [0, 0.05) is 37.0 Å². The highest BCUT2D eigenvalue weighted by Gasteiger charge is 2.19. The van der Waals surface area contributed by atoms with E-state index in [4.69, 9.17) is 16.6 Å². The third kappa shape index (κ3) is 7.47. The standard InChI is InChI=1S/C19H31ClN4S/c1-3-21-19(22-10-13-25-2)23-14-16-8-11-24(12-9-16)15-17-6-4-5-7-18(17)20/h4-7,16H,3,8-15H2,1-2H3,(H2,21,22,23). The molecule has 4 nitrogen and oxygen atoms in total. The van der Waals surface area contributed by atoms with Crippen molar-refractivity contribution in [3.05, 3.63) is 34.9 Å². The van der Waals surface area contributed by atoms with Gasteiger partial charge in [-0.05, 0) is 56.7 Å². The maximum atomic E-state index is 6.28. The van der Waals surface area contributed by atoms with Crippen molar-refractivity contribution in [3.63, 3.8) is 0 Å². The summed E-state index contributed by atoms with van der Waals surface area (Å²) in [5.41, 5.74) is 1.23. The molecule has 0 radical (unpaired) electrons. The van der Waals surface area contributed by atoms with E-state index in [2.05, 4.69) is 40.8 Å². The second kappa shape index (κ2) is 11.7. The molecule has 0 spiro atoms. The Labute approximate surface area is 161 Å². The summed E-state index contributed by atoms with van der Waals surface area (Å²) in [5, 5.41) is 7.61. The van der Waals surface area contributed by atoms with Gasteiger partial charge in [-0.1, -0.05) is 29.8 Å². The first-order valence-electron chi connectivity index (χ1n) is 9.19. The Morgan fingerprint density at radius 1 is 1.28 bits per heavy atom. The molecule has 140 valence electrons. The molecule has 1 aromatic carbocycles. The van der Waals surface area contributed by atoms with Gasteiger partial charge in [-0.25, -0.2) is 0 Å². The number of likely N-dealkylation sites (tertiary alicyclic amines) is 1. The first-order chi connectivity index (χ1) is 12.2. The van der Waals surface area contributed by atoms with Crippen molar-refractivity contribution in [2.24, 2.45) is 10.9 Å². The molecule has 2 N–H and O–H groups in total. The monoisotopic (exact) mass is 382 g/mol. The van der Waals surface area contributed by atoms with E-state index >= 15 is 0 Å². The fourth-order valence-electron chi connectivity index (χ4n) is 3.03. The SMILES string of the molecule is CCNC(=NCC1CCN(Cc2ccccc2Cl)CC1)NCCSC. The molecule has 0 bridgehead atoms. The molecule has 2 rings (SSSR count). The highest BCUT2D eigenvalue weighted by atomic mass is 35.5. The van der Waals surface area contributed by atoms with Gasteiger partial charge in [-0.3, -0.25) is 9.89 Å². The summed E-state index contributed by atoms with van der Waals surface area (Å²) in [6, 6.07) is 8.16. The number of aliphatic imine (C=N–C) groups is 1. The van der Waals surface area contributed by atoms with Gasteiger partial charge < -0.3 is 10.6 Å². The summed E-state index contributed by atoms with van der Waals surface area (Å²) in [7, 11) is 0. The van der Waals surface area contributed by atoms with Gasteiger partial charge >= 0.3 is 0 Å². The van der Waals surface area contributed by atoms with Crippen LogP contribution in [0.25, 0.3) is 0 Å². The maximum Gasteiger partial charge on any atom is 0.191 e. The number of rotatable bonds is 8. The molecular formula is C19H31ClN4S. The van der Waals surface area contributed by atoms with Crippen LogP contribution in [-0.2, 0) is 6.54 Å². The summed E-state index contributed by atoms with van der Waals surface area (Å²) in [5.74, 6) is 2.73. The van der Waals surface area contributed by atoms with Crippen molar-refractivity contribution in [2.75, 3.05) is 44.7 Å². The van der Waals surface area contributed by atoms with Gasteiger partial charge in [-0.15, -0.1) is 0 Å². The number of piperidine rings is 1. The fraction of sp³-hybridized carbons (Fsp3) is 0.632. The van der Waals surface area contributed by atoms with Gasteiger partial charge in [0.25, 0.3) is 0 Å². The maximum absolute atomic E-state index is 6.28. The molecule has 0 saturated carbocycles. The Balaban J connectivity index is 1.75. The molecule has 1 aromatic rings. The third-order valence-electron chi connectivity index (χ3n) is 4.51. The molecule has 0 aromatic heterocycles. The Morgan fingerprint density at radius 3 is 2.72 bits per heavy atom. The zero-order valence-corrected chi connectivity index (χ0v) is 17.0. The average Bonchev–Trinajstić information content (AvgIpc) is 2.63. The largest absolute Gasteiger partial charge is 0.357 e. The van der Waals surface area contributed by atoms with Crippen molar-refractivity contribution in [1.82, 2.24) is 15.5 Å². The van der Waals surface area contributed by atoms with Gasteiger partial charge in [-0.2, -0.15) is 11.8 Å². The van der Waals surface area contributed by atoms with Crippen LogP contribution in [-0.4, -0.2) is 55.6 Å². The number of nitrogens with one attached hydrogen (secondary N) is 2. The van der Waals surface area contributed by atoms with Crippen molar-refractivity contribution in [3.8, 4) is 0 Å². The van der Waals surface area contributed by atoms with Crippen LogP contribution in [0.5, 0.6) is 0 Å². The molecule has 25 heavy (non-hydrogen) atoms. The van der Waals surface area contributed by atoms with E-state index in [1.54, 1.807) is 0 Å². The first kappa shape index (κ1) is 20.4. The minimum absolute atomic E-state index is 0.679. The van der Waals surface area contributed by atoms with E-state index in [9.17, 15) is 0 Å². The Morgan fingerprint density at radius 2 is 2.04 bits per heavy atom. The molecule has 1 saturated heterocycles. The Kier molecular flexibility index (Phi) is 9.51. The van der Waals surface area contributed by atoms with Crippen LogP contribution in [0.4, 0.5) is 0 Å². The van der Waals surface area contributed by atoms with E-state index in [0.717, 1.165) is 56.0 Å². The highest BCUT2D eigenvalue weighted by molar-refractivity contribution is 7.98. The minimum Gasteiger partial charge on any atom is -0.357 e. The third-order valence-corrected chi connectivity index (χ3v) is 5.49.